The summed E-state index contributed by atoms with van der Waals surface area (Å²) in [5, 5.41) is 0. The third-order valence-corrected chi connectivity index (χ3v) is 5.93. The molecule has 2 unspecified atom stereocenters. The molecule has 0 bridgehead atoms. The molecule has 2 aromatic carbocycles. The van der Waals surface area contributed by atoms with E-state index in [-0.39, 0.29) is 29.5 Å². The molecule has 2 heterocycles. The first-order chi connectivity index (χ1) is 14.0. The first kappa shape index (κ1) is 19.6. The van der Waals surface area contributed by atoms with Crippen LogP contribution in [0.3, 0.4) is 0 Å². The Morgan fingerprint density at radius 1 is 0.966 bits per heavy atom. The summed E-state index contributed by atoms with van der Waals surface area (Å²) in [5.74, 6) is -0.813. The van der Waals surface area contributed by atoms with Gasteiger partial charge in [-0.3, -0.25) is 9.59 Å². The van der Waals surface area contributed by atoms with Crippen LogP contribution in [0.5, 0.6) is 0 Å². The maximum Gasteiger partial charge on any atom is 0.253 e. The maximum absolute atomic E-state index is 13.3. The first-order valence-corrected chi connectivity index (χ1v) is 10.0. The predicted octanol–water partition coefficient (Wildman–Crippen LogP) is 2.85. The van der Waals surface area contributed by atoms with Crippen LogP contribution in [0.4, 0.5) is 4.39 Å². The van der Waals surface area contributed by atoms with E-state index < -0.39 is 0 Å². The highest BCUT2D eigenvalue weighted by Crippen LogP contribution is 2.36. The number of halogens is 1. The van der Waals surface area contributed by atoms with Gasteiger partial charge in [-0.25, -0.2) is 4.39 Å². The average molecular weight is 396 g/mol. The number of carbonyl (C=O) groups excluding carboxylic acids is 2. The van der Waals surface area contributed by atoms with E-state index in [1.54, 1.807) is 4.90 Å². The molecule has 2 aliphatic heterocycles. The Balaban J connectivity index is 1.61. The molecule has 6 heteroatoms. The summed E-state index contributed by atoms with van der Waals surface area (Å²) in [6.45, 7) is 5.14. The van der Waals surface area contributed by atoms with Gasteiger partial charge in [-0.05, 0) is 42.3 Å². The Bertz CT molecular complexity index is 893. The molecular formula is C23H25FN2O3. The molecule has 29 heavy (non-hydrogen) atoms. The van der Waals surface area contributed by atoms with Gasteiger partial charge in [0.1, 0.15) is 5.82 Å². The van der Waals surface area contributed by atoms with E-state index in [1.807, 2.05) is 36.1 Å². The lowest BCUT2D eigenvalue weighted by molar-refractivity contribution is -0.139. The molecule has 2 aromatic rings. The van der Waals surface area contributed by atoms with E-state index >= 15 is 0 Å². The molecule has 2 aliphatic rings. The molecule has 4 rings (SSSR count). The van der Waals surface area contributed by atoms with Gasteiger partial charge in [0, 0.05) is 37.7 Å². The van der Waals surface area contributed by atoms with Crippen molar-refractivity contribution in [3.05, 3.63) is 71.0 Å². The Labute approximate surface area is 170 Å². The van der Waals surface area contributed by atoms with Crippen molar-refractivity contribution in [3.63, 3.8) is 0 Å². The Hall–Kier alpha value is -2.73. The van der Waals surface area contributed by atoms with Gasteiger partial charge in [-0.1, -0.05) is 24.3 Å². The van der Waals surface area contributed by atoms with Gasteiger partial charge in [0.05, 0.1) is 19.1 Å². The Morgan fingerprint density at radius 2 is 1.66 bits per heavy atom. The van der Waals surface area contributed by atoms with Crippen LogP contribution in [0.25, 0.3) is 0 Å². The molecule has 5 nitrogen and oxygen atoms in total. The predicted molar refractivity (Wildman–Crippen MR) is 107 cm³/mol. The highest BCUT2D eigenvalue weighted by atomic mass is 19.1. The topological polar surface area (TPSA) is 49.9 Å². The van der Waals surface area contributed by atoms with E-state index in [9.17, 15) is 14.0 Å². The quantitative estimate of drug-likeness (QED) is 0.802. The molecule has 0 aliphatic carbocycles. The number of hydrogen-bond acceptors (Lipinski definition) is 3. The van der Waals surface area contributed by atoms with Crippen molar-refractivity contribution in [2.75, 3.05) is 39.4 Å². The van der Waals surface area contributed by atoms with Gasteiger partial charge in [0.15, 0.2) is 0 Å². The van der Waals surface area contributed by atoms with Gasteiger partial charge < -0.3 is 14.5 Å². The minimum absolute atomic E-state index is 0.0593. The highest BCUT2D eigenvalue weighted by Gasteiger charge is 2.42. The monoisotopic (exact) mass is 396 g/mol. The standard InChI is InChI=1S/C23H25FN2O3/c1-16-4-2-3-5-19(16)20-14-26(22(27)17-6-8-18(24)9-7-17)15-21(20)23(28)25-10-12-29-13-11-25/h2-9,20-21H,10-15H2,1H3. The number of morpholine rings is 1. The number of ether oxygens (including phenoxy) is 1. The molecule has 0 spiro atoms. The van der Waals surface area contributed by atoms with E-state index in [4.69, 9.17) is 4.74 Å². The van der Waals surface area contributed by atoms with Crippen LogP contribution in [-0.2, 0) is 9.53 Å². The number of amides is 2. The molecule has 2 amide bonds. The summed E-state index contributed by atoms with van der Waals surface area (Å²) in [6, 6.07) is 13.6. The normalized spacial score (nSPS) is 22.0. The van der Waals surface area contributed by atoms with Gasteiger partial charge in [-0.2, -0.15) is 0 Å². The Kier molecular flexibility index (Phi) is 5.62. The summed E-state index contributed by atoms with van der Waals surface area (Å²) >= 11 is 0. The van der Waals surface area contributed by atoms with Crippen LogP contribution >= 0.6 is 0 Å². The summed E-state index contributed by atoms with van der Waals surface area (Å²) in [7, 11) is 0. The van der Waals surface area contributed by atoms with Crippen LogP contribution in [0, 0.1) is 18.7 Å². The summed E-state index contributed by atoms with van der Waals surface area (Å²) in [4.78, 5) is 29.9. The number of aryl methyl sites for hydroxylation is 1. The number of likely N-dealkylation sites (tertiary alicyclic amines) is 1. The molecule has 0 aromatic heterocycles. The largest absolute Gasteiger partial charge is 0.378 e. The fourth-order valence-electron chi connectivity index (χ4n) is 4.33. The van der Waals surface area contributed by atoms with Crippen LogP contribution < -0.4 is 0 Å². The highest BCUT2D eigenvalue weighted by molar-refractivity contribution is 5.95. The van der Waals surface area contributed by atoms with Crippen molar-refractivity contribution in [2.24, 2.45) is 5.92 Å². The molecule has 2 atom stereocenters. The van der Waals surface area contributed by atoms with Crippen LogP contribution in [0.15, 0.2) is 48.5 Å². The number of rotatable bonds is 3. The van der Waals surface area contributed by atoms with Gasteiger partial charge >= 0.3 is 0 Å². The lowest BCUT2D eigenvalue weighted by atomic mass is 9.85. The minimum atomic E-state index is -0.374. The fourth-order valence-corrected chi connectivity index (χ4v) is 4.33. The SMILES string of the molecule is Cc1ccccc1C1CN(C(=O)c2ccc(F)cc2)CC1C(=O)N1CCOCC1. The molecular weight excluding hydrogens is 371 g/mol. The number of carbonyl (C=O) groups is 2. The van der Waals surface area contributed by atoms with Crippen molar-refractivity contribution in [1.29, 1.82) is 0 Å². The molecule has 152 valence electrons. The van der Waals surface area contributed by atoms with Crippen LogP contribution in [-0.4, -0.2) is 61.0 Å². The van der Waals surface area contributed by atoms with Crippen molar-refractivity contribution >= 4 is 11.8 Å². The van der Waals surface area contributed by atoms with Gasteiger partial charge in [-0.15, -0.1) is 0 Å². The van der Waals surface area contributed by atoms with Gasteiger partial charge in [0.2, 0.25) is 5.91 Å². The number of benzene rings is 2. The molecule has 2 fully saturated rings. The van der Waals surface area contributed by atoms with Crippen LogP contribution in [0.1, 0.15) is 27.4 Å². The minimum Gasteiger partial charge on any atom is -0.378 e. The first-order valence-electron chi connectivity index (χ1n) is 10.0. The third kappa shape index (κ3) is 4.03. The maximum atomic E-state index is 13.3. The molecule has 0 radical (unpaired) electrons. The zero-order chi connectivity index (χ0) is 20.4. The van der Waals surface area contributed by atoms with Crippen molar-refractivity contribution in [3.8, 4) is 0 Å². The average Bonchev–Trinajstić information content (AvgIpc) is 3.19. The van der Waals surface area contributed by atoms with Gasteiger partial charge in [0.25, 0.3) is 5.91 Å². The zero-order valence-corrected chi connectivity index (χ0v) is 16.5. The summed E-state index contributed by atoms with van der Waals surface area (Å²) in [5.41, 5.74) is 2.66. The molecule has 0 saturated carbocycles. The fraction of sp³-hybridized carbons (Fsp3) is 0.391. The summed E-state index contributed by atoms with van der Waals surface area (Å²) in [6.07, 6.45) is 0. The second-order valence-electron chi connectivity index (χ2n) is 7.72. The second-order valence-corrected chi connectivity index (χ2v) is 7.72. The van der Waals surface area contributed by atoms with Crippen molar-refractivity contribution in [2.45, 2.75) is 12.8 Å². The van der Waals surface area contributed by atoms with Crippen molar-refractivity contribution in [1.82, 2.24) is 9.80 Å². The van der Waals surface area contributed by atoms with E-state index in [2.05, 4.69) is 0 Å². The van der Waals surface area contributed by atoms with E-state index in [0.29, 0.717) is 45.0 Å². The van der Waals surface area contributed by atoms with E-state index in [0.717, 1.165) is 11.1 Å². The lowest BCUT2D eigenvalue weighted by Crippen LogP contribution is -2.45. The second kappa shape index (κ2) is 8.33. The van der Waals surface area contributed by atoms with E-state index in [1.165, 1.54) is 24.3 Å². The molecule has 0 N–H and O–H groups in total. The zero-order valence-electron chi connectivity index (χ0n) is 16.5. The smallest absolute Gasteiger partial charge is 0.253 e. The Morgan fingerprint density at radius 3 is 2.34 bits per heavy atom. The third-order valence-electron chi connectivity index (χ3n) is 5.93. The van der Waals surface area contributed by atoms with Crippen molar-refractivity contribution < 1.29 is 18.7 Å². The van der Waals surface area contributed by atoms with Crippen LogP contribution in [0.2, 0.25) is 0 Å². The number of hydrogen-bond donors (Lipinski definition) is 0. The summed E-state index contributed by atoms with van der Waals surface area (Å²) < 4.78 is 18.6. The lowest BCUT2D eigenvalue weighted by Gasteiger charge is -2.31. The number of nitrogens with zero attached hydrogens (tertiary/aromatic N) is 2. The molecule has 2 saturated heterocycles.